The van der Waals surface area contributed by atoms with Gasteiger partial charge < -0.3 is 15.8 Å². The highest BCUT2D eigenvalue weighted by atomic mass is 35.5. The Morgan fingerprint density at radius 1 is 1.56 bits per heavy atom. The van der Waals surface area contributed by atoms with E-state index in [9.17, 15) is 4.79 Å². The Kier molecular flexibility index (Phi) is 5.95. The van der Waals surface area contributed by atoms with E-state index in [0.717, 1.165) is 5.56 Å². The number of amides is 1. The summed E-state index contributed by atoms with van der Waals surface area (Å²) in [6, 6.07) is 5.34. The fourth-order valence-electron chi connectivity index (χ4n) is 1.32. The SMILES string of the molecule is CCC(=O)NCc1cc(OC[C@H](C)N)ccc1Cl. The van der Waals surface area contributed by atoms with Crippen molar-refractivity contribution >= 4 is 17.5 Å². The lowest BCUT2D eigenvalue weighted by molar-refractivity contribution is -0.120. The van der Waals surface area contributed by atoms with E-state index in [1.54, 1.807) is 19.1 Å². The highest BCUT2D eigenvalue weighted by molar-refractivity contribution is 6.31. The van der Waals surface area contributed by atoms with Gasteiger partial charge >= 0.3 is 0 Å². The van der Waals surface area contributed by atoms with E-state index < -0.39 is 0 Å². The van der Waals surface area contributed by atoms with E-state index in [-0.39, 0.29) is 11.9 Å². The van der Waals surface area contributed by atoms with E-state index in [2.05, 4.69) is 5.32 Å². The lowest BCUT2D eigenvalue weighted by atomic mass is 10.2. The van der Waals surface area contributed by atoms with Crippen molar-refractivity contribution in [2.24, 2.45) is 5.73 Å². The Balaban J connectivity index is 2.65. The highest BCUT2D eigenvalue weighted by Crippen LogP contribution is 2.22. The molecule has 100 valence electrons. The normalized spacial score (nSPS) is 12.0. The van der Waals surface area contributed by atoms with Crippen molar-refractivity contribution < 1.29 is 9.53 Å². The van der Waals surface area contributed by atoms with Crippen LogP contribution in [0.15, 0.2) is 18.2 Å². The summed E-state index contributed by atoms with van der Waals surface area (Å²) in [5.41, 5.74) is 6.45. The molecular formula is C13H19ClN2O2. The maximum atomic E-state index is 11.2. The number of ether oxygens (including phenoxy) is 1. The zero-order chi connectivity index (χ0) is 13.5. The van der Waals surface area contributed by atoms with Gasteiger partial charge in [0.1, 0.15) is 12.4 Å². The van der Waals surface area contributed by atoms with E-state index in [4.69, 9.17) is 22.1 Å². The molecule has 0 saturated heterocycles. The number of carbonyl (C=O) groups is 1. The highest BCUT2D eigenvalue weighted by Gasteiger charge is 2.05. The minimum Gasteiger partial charge on any atom is -0.492 e. The van der Waals surface area contributed by atoms with Gasteiger partial charge in [-0.1, -0.05) is 18.5 Å². The van der Waals surface area contributed by atoms with Crippen LogP contribution in [0.3, 0.4) is 0 Å². The summed E-state index contributed by atoms with van der Waals surface area (Å²) in [7, 11) is 0. The van der Waals surface area contributed by atoms with Gasteiger partial charge in [0.25, 0.3) is 0 Å². The van der Waals surface area contributed by atoms with Crippen LogP contribution in [0, 0.1) is 0 Å². The third-order valence-electron chi connectivity index (χ3n) is 2.33. The molecule has 0 fully saturated rings. The van der Waals surface area contributed by atoms with Crippen molar-refractivity contribution in [3.05, 3.63) is 28.8 Å². The molecule has 0 bridgehead atoms. The summed E-state index contributed by atoms with van der Waals surface area (Å²) < 4.78 is 5.50. The molecule has 0 saturated carbocycles. The van der Waals surface area contributed by atoms with Crippen molar-refractivity contribution in [3.8, 4) is 5.75 Å². The Morgan fingerprint density at radius 3 is 2.89 bits per heavy atom. The van der Waals surface area contributed by atoms with E-state index in [1.165, 1.54) is 0 Å². The minimum absolute atomic E-state index is 0.00651. The predicted molar refractivity (Wildman–Crippen MR) is 72.7 cm³/mol. The molecule has 1 aromatic carbocycles. The largest absolute Gasteiger partial charge is 0.492 e. The molecule has 0 heterocycles. The summed E-state index contributed by atoms with van der Waals surface area (Å²) >= 11 is 6.05. The molecule has 1 aromatic rings. The van der Waals surface area contributed by atoms with E-state index in [1.807, 2.05) is 13.0 Å². The monoisotopic (exact) mass is 270 g/mol. The number of halogens is 1. The summed E-state index contributed by atoms with van der Waals surface area (Å²) in [6.07, 6.45) is 0.457. The van der Waals surface area contributed by atoms with Crippen molar-refractivity contribution in [1.82, 2.24) is 5.32 Å². The van der Waals surface area contributed by atoms with Crippen LogP contribution in [0.1, 0.15) is 25.8 Å². The van der Waals surface area contributed by atoms with E-state index >= 15 is 0 Å². The molecule has 0 unspecified atom stereocenters. The summed E-state index contributed by atoms with van der Waals surface area (Å²) in [6.45, 7) is 4.53. The van der Waals surface area contributed by atoms with Gasteiger partial charge in [0.15, 0.2) is 0 Å². The van der Waals surface area contributed by atoms with Crippen LogP contribution in [0.2, 0.25) is 5.02 Å². The van der Waals surface area contributed by atoms with Crippen LogP contribution in [0.4, 0.5) is 0 Å². The zero-order valence-electron chi connectivity index (χ0n) is 10.7. The molecule has 18 heavy (non-hydrogen) atoms. The molecule has 0 spiro atoms. The maximum Gasteiger partial charge on any atom is 0.219 e. The first-order valence-corrected chi connectivity index (χ1v) is 6.34. The first-order valence-electron chi connectivity index (χ1n) is 5.96. The summed E-state index contributed by atoms with van der Waals surface area (Å²) in [4.78, 5) is 11.2. The van der Waals surface area contributed by atoms with Gasteiger partial charge in [0.05, 0.1) is 0 Å². The van der Waals surface area contributed by atoms with Gasteiger partial charge in [-0.15, -0.1) is 0 Å². The molecule has 5 heteroatoms. The second-order valence-electron chi connectivity index (χ2n) is 4.17. The van der Waals surface area contributed by atoms with Gasteiger partial charge in [-0.3, -0.25) is 4.79 Å². The van der Waals surface area contributed by atoms with Crippen molar-refractivity contribution in [3.63, 3.8) is 0 Å². The van der Waals surface area contributed by atoms with Crippen LogP contribution in [-0.4, -0.2) is 18.6 Å². The summed E-state index contributed by atoms with van der Waals surface area (Å²) in [5, 5.41) is 3.39. The third-order valence-corrected chi connectivity index (χ3v) is 2.70. The Labute approximate surface area is 112 Å². The Morgan fingerprint density at radius 2 is 2.28 bits per heavy atom. The average Bonchev–Trinajstić information content (AvgIpc) is 2.35. The number of benzene rings is 1. The van der Waals surface area contributed by atoms with Crippen molar-refractivity contribution in [2.45, 2.75) is 32.9 Å². The molecule has 0 aliphatic heterocycles. The van der Waals surface area contributed by atoms with Crippen LogP contribution >= 0.6 is 11.6 Å². The van der Waals surface area contributed by atoms with Gasteiger partial charge in [-0.05, 0) is 30.7 Å². The van der Waals surface area contributed by atoms with Gasteiger partial charge in [0, 0.05) is 24.0 Å². The Bertz CT molecular complexity index is 408. The van der Waals surface area contributed by atoms with Gasteiger partial charge in [-0.25, -0.2) is 0 Å². The quantitative estimate of drug-likeness (QED) is 0.832. The van der Waals surface area contributed by atoms with Crippen molar-refractivity contribution in [1.29, 1.82) is 0 Å². The number of nitrogens with one attached hydrogen (secondary N) is 1. The molecule has 3 N–H and O–H groups in total. The second-order valence-corrected chi connectivity index (χ2v) is 4.58. The number of rotatable bonds is 6. The molecule has 0 aliphatic carbocycles. The van der Waals surface area contributed by atoms with Crippen LogP contribution in [-0.2, 0) is 11.3 Å². The Hall–Kier alpha value is -1.26. The fraction of sp³-hybridized carbons (Fsp3) is 0.462. The number of hydrogen-bond donors (Lipinski definition) is 2. The minimum atomic E-state index is -0.0241. The molecule has 0 radical (unpaired) electrons. The maximum absolute atomic E-state index is 11.2. The molecule has 0 aromatic heterocycles. The molecule has 4 nitrogen and oxygen atoms in total. The van der Waals surface area contributed by atoms with Crippen LogP contribution in [0.5, 0.6) is 5.75 Å². The number of nitrogens with two attached hydrogens (primary N) is 1. The standard InChI is InChI=1S/C13H19ClN2O2/c1-3-13(17)16-7-10-6-11(4-5-12(10)14)18-8-9(2)15/h4-6,9H,3,7-8,15H2,1-2H3,(H,16,17)/t9-/m0/s1. The number of hydrogen-bond acceptors (Lipinski definition) is 3. The zero-order valence-corrected chi connectivity index (χ0v) is 11.5. The lowest BCUT2D eigenvalue weighted by Gasteiger charge is -2.11. The first kappa shape index (κ1) is 14.8. The molecule has 1 amide bonds. The second kappa shape index (κ2) is 7.24. The van der Waals surface area contributed by atoms with E-state index in [0.29, 0.717) is 30.3 Å². The smallest absolute Gasteiger partial charge is 0.219 e. The third kappa shape index (κ3) is 4.94. The lowest BCUT2D eigenvalue weighted by Crippen LogP contribution is -2.24. The number of carbonyl (C=O) groups excluding carboxylic acids is 1. The molecule has 0 aliphatic rings. The van der Waals surface area contributed by atoms with Crippen molar-refractivity contribution in [2.75, 3.05) is 6.61 Å². The average molecular weight is 271 g/mol. The van der Waals surface area contributed by atoms with Gasteiger partial charge in [-0.2, -0.15) is 0 Å². The van der Waals surface area contributed by atoms with Crippen LogP contribution < -0.4 is 15.8 Å². The van der Waals surface area contributed by atoms with Gasteiger partial charge in [0.2, 0.25) is 5.91 Å². The first-order chi connectivity index (χ1) is 8.52. The van der Waals surface area contributed by atoms with Crippen LogP contribution in [0.25, 0.3) is 0 Å². The molecule has 1 atom stereocenters. The predicted octanol–water partition coefficient (Wildman–Crippen LogP) is 2.09. The summed E-state index contributed by atoms with van der Waals surface area (Å²) in [5.74, 6) is 0.699. The fourth-order valence-corrected chi connectivity index (χ4v) is 1.51. The molecule has 1 rings (SSSR count). The molecular weight excluding hydrogens is 252 g/mol. The topological polar surface area (TPSA) is 64.3 Å².